The summed E-state index contributed by atoms with van der Waals surface area (Å²) in [4.78, 5) is 25.6. The number of carbonyl (C=O) groups excluding carboxylic acids is 2. The highest BCUT2D eigenvalue weighted by Crippen LogP contribution is 2.32. The normalized spacial score (nSPS) is 10.7. The summed E-state index contributed by atoms with van der Waals surface area (Å²) in [5.74, 6) is -0.0693. The summed E-state index contributed by atoms with van der Waals surface area (Å²) in [5, 5.41) is 4.02. The molecule has 0 saturated heterocycles. The summed E-state index contributed by atoms with van der Waals surface area (Å²) < 4.78 is 11.4. The third-order valence-corrected chi connectivity index (χ3v) is 4.83. The zero-order chi connectivity index (χ0) is 21.1. The molecule has 30 heavy (non-hydrogen) atoms. The predicted octanol–water partition coefficient (Wildman–Crippen LogP) is 5.64. The first-order valence-electron chi connectivity index (χ1n) is 9.33. The van der Waals surface area contributed by atoms with Crippen LogP contribution in [0.3, 0.4) is 0 Å². The summed E-state index contributed by atoms with van der Waals surface area (Å²) in [6, 6.07) is 21.1. The zero-order valence-corrected chi connectivity index (χ0v) is 16.9. The largest absolute Gasteiger partial charge is 0.483 e. The van der Waals surface area contributed by atoms with Crippen molar-refractivity contribution in [3.63, 3.8) is 0 Å². The highest BCUT2D eigenvalue weighted by molar-refractivity contribution is 6.30. The van der Waals surface area contributed by atoms with Gasteiger partial charge in [0.25, 0.3) is 5.91 Å². The number of aryl methyl sites for hydroxylation is 1. The third kappa shape index (κ3) is 4.07. The highest BCUT2D eigenvalue weighted by atomic mass is 35.5. The Morgan fingerprint density at radius 1 is 1.00 bits per heavy atom. The van der Waals surface area contributed by atoms with Crippen LogP contribution in [0.5, 0.6) is 5.75 Å². The average molecular weight is 420 g/mol. The minimum Gasteiger partial charge on any atom is -0.483 e. The van der Waals surface area contributed by atoms with Gasteiger partial charge >= 0.3 is 0 Å². The standard InChI is InChI=1S/C24H18ClNO4/c1-15-13-17(25)11-12-19(15)29-14-21(27)26-22-18-9-5-6-10-20(18)30-24(22)23(28)16-7-3-2-4-8-16/h2-13H,14H2,1H3,(H,26,27). The first-order chi connectivity index (χ1) is 14.5. The fourth-order valence-corrected chi connectivity index (χ4v) is 3.37. The van der Waals surface area contributed by atoms with Crippen LogP contribution in [-0.2, 0) is 4.79 Å². The van der Waals surface area contributed by atoms with Crippen molar-refractivity contribution in [2.24, 2.45) is 0 Å². The highest BCUT2D eigenvalue weighted by Gasteiger charge is 2.23. The molecule has 4 rings (SSSR count). The van der Waals surface area contributed by atoms with E-state index in [2.05, 4.69) is 5.32 Å². The van der Waals surface area contributed by atoms with E-state index in [0.717, 1.165) is 5.56 Å². The number of rotatable bonds is 6. The van der Waals surface area contributed by atoms with Gasteiger partial charge in [-0.15, -0.1) is 0 Å². The lowest BCUT2D eigenvalue weighted by atomic mass is 10.1. The first-order valence-corrected chi connectivity index (χ1v) is 9.71. The molecule has 0 aliphatic rings. The molecule has 5 nitrogen and oxygen atoms in total. The van der Waals surface area contributed by atoms with Crippen LogP contribution in [0.2, 0.25) is 5.02 Å². The van der Waals surface area contributed by atoms with Crippen molar-refractivity contribution in [1.29, 1.82) is 0 Å². The van der Waals surface area contributed by atoms with Gasteiger partial charge in [0.1, 0.15) is 11.3 Å². The molecule has 6 heteroatoms. The van der Waals surface area contributed by atoms with Crippen LogP contribution in [0.1, 0.15) is 21.7 Å². The van der Waals surface area contributed by atoms with Crippen molar-refractivity contribution in [1.82, 2.24) is 0 Å². The molecule has 0 fully saturated rings. The zero-order valence-electron chi connectivity index (χ0n) is 16.1. The van der Waals surface area contributed by atoms with Crippen molar-refractivity contribution in [2.75, 3.05) is 11.9 Å². The lowest BCUT2D eigenvalue weighted by Gasteiger charge is -2.10. The minimum atomic E-state index is -0.405. The number of fused-ring (bicyclic) bond motifs is 1. The SMILES string of the molecule is Cc1cc(Cl)ccc1OCC(=O)Nc1c(C(=O)c2ccccc2)oc2ccccc12. The van der Waals surface area contributed by atoms with E-state index in [-0.39, 0.29) is 18.2 Å². The lowest BCUT2D eigenvalue weighted by molar-refractivity contribution is -0.118. The predicted molar refractivity (Wildman–Crippen MR) is 116 cm³/mol. The Kier molecular flexibility index (Phi) is 5.55. The number of anilines is 1. The number of halogens is 1. The lowest BCUT2D eigenvalue weighted by Crippen LogP contribution is -2.21. The van der Waals surface area contributed by atoms with E-state index in [1.807, 2.05) is 19.1 Å². The molecule has 150 valence electrons. The molecule has 1 amide bonds. The molecular weight excluding hydrogens is 402 g/mol. The van der Waals surface area contributed by atoms with Gasteiger partial charge in [0, 0.05) is 16.0 Å². The van der Waals surface area contributed by atoms with E-state index in [1.54, 1.807) is 60.7 Å². The molecule has 1 N–H and O–H groups in total. The van der Waals surface area contributed by atoms with E-state index in [9.17, 15) is 9.59 Å². The Balaban J connectivity index is 1.60. The summed E-state index contributed by atoms with van der Waals surface area (Å²) >= 11 is 5.95. The van der Waals surface area contributed by atoms with Gasteiger partial charge < -0.3 is 14.5 Å². The summed E-state index contributed by atoms with van der Waals surface area (Å²) in [6.07, 6.45) is 0. The monoisotopic (exact) mass is 419 g/mol. The third-order valence-electron chi connectivity index (χ3n) is 4.60. The van der Waals surface area contributed by atoms with Crippen LogP contribution in [0.25, 0.3) is 11.0 Å². The molecular formula is C24H18ClNO4. The van der Waals surface area contributed by atoms with E-state index in [0.29, 0.717) is 33.0 Å². The molecule has 4 aromatic rings. The number of amides is 1. The van der Waals surface area contributed by atoms with Gasteiger partial charge in [-0.25, -0.2) is 0 Å². The van der Waals surface area contributed by atoms with Crippen molar-refractivity contribution >= 4 is 39.9 Å². The fourth-order valence-electron chi connectivity index (χ4n) is 3.14. The average Bonchev–Trinajstić information content (AvgIpc) is 3.11. The van der Waals surface area contributed by atoms with Crippen LogP contribution < -0.4 is 10.1 Å². The van der Waals surface area contributed by atoms with Crippen LogP contribution in [0, 0.1) is 6.92 Å². The molecule has 0 aliphatic carbocycles. The summed E-state index contributed by atoms with van der Waals surface area (Å²) in [6.45, 7) is 1.63. The van der Waals surface area contributed by atoms with Gasteiger partial charge in [-0.05, 0) is 42.8 Å². The maximum absolute atomic E-state index is 13.0. The van der Waals surface area contributed by atoms with Gasteiger partial charge in [-0.1, -0.05) is 54.1 Å². The quantitative estimate of drug-likeness (QED) is 0.410. The molecule has 0 atom stereocenters. The number of benzene rings is 3. The molecule has 0 spiro atoms. The Morgan fingerprint density at radius 3 is 2.50 bits per heavy atom. The van der Waals surface area contributed by atoms with Crippen LogP contribution in [0.15, 0.2) is 77.2 Å². The number of hydrogen-bond acceptors (Lipinski definition) is 4. The number of nitrogens with one attached hydrogen (secondary N) is 1. The molecule has 0 radical (unpaired) electrons. The van der Waals surface area contributed by atoms with Crippen molar-refractivity contribution in [3.05, 3.63) is 94.7 Å². The Morgan fingerprint density at radius 2 is 1.73 bits per heavy atom. The summed E-state index contributed by atoms with van der Waals surface area (Å²) in [5.41, 5.74) is 2.14. The molecule has 3 aromatic carbocycles. The Bertz CT molecular complexity index is 1230. The topological polar surface area (TPSA) is 68.5 Å². The van der Waals surface area contributed by atoms with Crippen molar-refractivity contribution < 1.29 is 18.7 Å². The number of para-hydroxylation sites is 1. The van der Waals surface area contributed by atoms with Crippen molar-refractivity contribution in [2.45, 2.75) is 6.92 Å². The van der Waals surface area contributed by atoms with Crippen LogP contribution in [0.4, 0.5) is 5.69 Å². The maximum atomic E-state index is 13.0. The van der Waals surface area contributed by atoms with E-state index < -0.39 is 5.91 Å². The fraction of sp³-hybridized carbons (Fsp3) is 0.0833. The second-order valence-electron chi connectivity index (χ2n) is 6.74. The molecule has 0 bridgehead atoms. The van der Waals surface area contributed by atoms with Gasteiger partial charge in [0.2, 0.25) is 5.78 Å². The van der Waals surface area contributed by atoms with Crippen LogP contribution in [-0.4, -0.2) is 18.3 Å². The second-order valence-corrected chi connectivity index (χ2v) is 7.18. The van der Waals surface area contributed by atoms with Gasteiger partial charge in [-0.3, -0.25) is 9.59 Å². The molecule has 0 aliphatic heterocycles. The Labute approximate surface area is 178 Å². The second kappa shape index (κ2) is 8.43. The number of hydrogen-bond donors (Lipinski definition) is 1. The smallest absolute Gasteiger partial charge is 0.262 e. The van der Waals surface area contributed by atoms with E-state index in [4.69, 9.17) is 20.8 Å². The Hall–Kier alpha value is -3.57. The van der Waals surface area contributed by atoms with Gasteiger partial charge in [-0.2, -0.15) is 0 Å². The number of ketones is 1. The van der Waals surface area contributed by atoms with Gasteiger partial charge in [0.15, 0.2) is 12.4 Å². The number of ether oxygens (including phenoxy) is 1. The maximum Gasteiger partial charge on any atom is 0.262 e. The van der Waals surface area contributed by atoms with E-state index >= 15 is 0 Å². The molecule has 1 heterocycles. The summed E-state index contributed by atoms with van der Waals surface area (Å²) in [7, 11) is 0. The minimum absolute atomic E-state index is 0.0819. The molecule has 0 saturated carbocycles. The van der Waals surface area contributed by atoms with Crippen molar-refractivity contribution in [3.8, 4) is 5.75 Å². The molecule has 1 aromatic heterocycles. The van der Waals surface area contributed by atoms with Gasteiger partial charge in [0.05, 0.1) is 5.69 Å². The first kappa shape index (κ1) is 19.7. The van der Waals surface area contributed by atoms with Crippen LogP contribution >= 0.6 is 11.6 Å². The van der Waals surface area contributed by atoms with E-state index in [1.165, 1.54) is 0 Å². The number of carbonyl (C=O) groups is 2. The molecule has 0 unspecified atom stereocenters. The number of furan rings is 1.